The first-order valence-corrected chi connectivity index (χ1v) is 4.31. The molecule has 0 amide bonds. The van der Waals surface area contributed by atoms with Gasteiger partial charge in [0.15, 0.2) is 0 Å². The topological polar surface area (TPSA) is 40.5 Å². The normalized spacial score (nSPS) is 12.0. The lowest BCUT2D eigenvalue weighted by Gasteiger charge is -2.24. The van der Waals surface area contributed by atoms with Gasteiger partial charge in [0.1, 0.15) is 0 Å². The summed E-state index contributed by atoms with van der Waals surface area (Å²) in [6, 6.07) is 0. The Labute approximate surface area is 72.5 Å². The molecule has 0 spiro atoms. The minimum absolute atomic E-state index is 0.101. The molecule has 0 atom stereocenters. The molecule has 2 nitrogen and oxygen atoms in total. The van der Waals surface area contributed by atoms with Crippen molar-refractivity contribution in [1.82, 2.24) is 0 Å². The molecule has 0 aliphatic heterocycles. The quantitative estimate of drug-likeness (QED) is 0.463. The maximum atomic E-state index is 8.60. The van der Waals surface area contributed by atoms with Gasteiger partial charge in [-0.1, -0.05) is 0 Å². The van der Waals surface area contributed by atoms with Crippen molar-refractivity contribution in [3.63, 3.8) is 0 Å². The Morgan fingerprint density at radius 3 is 1.70 bits per heavy atom. The summed E-state index contributed by atoms with van der Waals surface area (Å²) in [7, 11) is 0. The van der Waals surface area contributed by atoms with Gasteiger partial charge >= 0.3 is 0 Å². The highest BCUT2D eigenvalue weighted by molar-refractivity contribution is 7.85. The molecule has 0 bridgehead atoms. The fourth-order valence-corrected chi connectivity index (χ4v) is 1.22. The van der Waals surface area contributed by atoms with Gasteiger partial charge in [0.05, 0.1) is 0 Å². The van der Waals surface area contributed by atoms with E-state index in [2.05, 4.69) is 25.3 Å². The van der Waals surface area contributed by atoms with Gasteiger partial charge in [-0.3, -0.25) is 0 Å². The molecule has 2 N–H and O–H groups in total. The second-order valence-electron chi connectivity index (χ2n) is 2.33. The molecule has 0 saturated heterocycles. The minimum Gasteiger partial charge on any atom is -0.396 e. The van der Waals surface area contributed by atoms with Crippen LogP contribution in [0.1, 0.15) is 12.8 Å². The smallest absolute Gasteiger partial charge is 0.0444 e. The van der Waals surface area contributed by atoms with E-state index in [1.54, 1.807) is 0 Å². The first kappa shape index (κ1) is 10.6. The van der Waals surface area contributed by atoms with E-state index in [1.807, 2.05) is 0 Å². The molecule has 0 saturated carbocycles. The predicted molar refractivity (Wildman–Crippen MR) is 49.0 cm³/mol. The Morgan fingerprint density at radius 1 is 1.10 bits per heavy atom. The van der Waals surface area contributed by atoms with Crippen molar-refractivity contribution in [3.8, 4) is 0 Å². The highest BCUT2D eigenvalue weighted by Crippen LogP contribution is 2.24. The molecule has 0 heterocycles. The molecule has 0 unspecified atom stereocenters. The first-order valence-electron chi connectivity index (χ1n) is 3.23. The van der Waals surface area contributed by atoms with Crippen LogP contribution in [0.5, 0.6) is 0 Å². The molecular weight excluding hydrogens is 168 g/mol. The van der Waals surface area contributed by atoms with E-state index in [0.29, 0.717) is 18.6 Å². The van der Waals surface area contributed by atoms with Gasteiger partial charge in [0, 0.05) is 23.7 Å². The second-order valence-corrected chi connectivity index (χ2v) is 3.59. The summed E-state index contributed by atoms with van der Waals surface area (Å²) >= 11 is 8.35. The van der Waals surface area contributed by atoms with E-state index in [1.165, 1.54) is 0 Å². The van der Waals surface area contributed by atoms with Crippen molar-refractivity contribution in [2.45, 2.75) is 17.6 Å². The number of aliphatic hydroxyl groups is 2. The van der Waals surface area contributed by atoms with Crippen molar-refractivity contribution in [1.29, 1.82) is 0 Å². The summed E-state index contributed by atoms with van der Waals surface area (Å²) in [6.45, 7) is 0.202. The van der Waals surface area contributed by atoms with Crippen LogP contribution in [0.25, 0.3) is 0 Å². The zero-order valence-electron chi connectivity index (χ0n) is 5.82. The van der Waals surface area contributed by atoms with E-state index in [0.717, 1.165) is 0 Å². The summed E-state index contributed by atoms with van der Waals surface area (Å²) < 4.78 is -0.299. The lowest BCUT2D eigenvalue weighted by atomic mass is 10.0. The van der Waals surface area contributed by atoms with Crippen molar-refractivity contribution in [2.24, 2.45) is 0 Å². The number of hydrogen-bond acceptors (Lipinski definition) is 4. The molecule has 0 aromatic heterocycles. The molecule has 4 heteroatoms. The van der Waals surface area contributed by atoms with Gasteiger partial charge < -0.3 is 10.2 Å². The fourth-order valence-electron chi connectivity index (χ4n) is 0.699. The largest absolute Gasteiger partial charge is 0.396 e. The van der Waals surface area contributed by atoms with Crippen molar-refractivity contribution < 1.29 is 10.2 Å². The van der Waals surface area contributed by atoms with Crippen LogP contribution in [0.4, 0.5) is 0 Å². The van der Waals surface area contributed by atoms with Gasteiger partial charge in [-0.2, -0.15) is 25.3 Å². The third-order valence-corrected chi connectivity index (χ3v) is 2.91. The monoisotopic (exact) mass is 182 g/mol. The van der Waals surface area contributed by atoms with Gasteiger partial charge in [-0.25, -0.2) is 0 Å². The zero-order chi connectivity index (χ0) is 8.04. The highest BCUT2D eigenvalue weighted by Gasteiger charge is 2.21. The van der Waals surface area contributed by atoms with E-state index >= 15 is 0 Å². The van der Waals surface area contributed by atoms with Crippen LogP contribution in [0, 0.1) is 0 Å². The maximum Gasteiger partial charge on any atom is 0.0444 e. The molecule has 10 heavy (non-hydrogen) atoms. The van der Waals surface area contributed by atoms with Crippen LogP contribution < -0.4 is 0 Å². The van der Waals surface area contributed by atoms with E-state index < -0.39 is 0 Å². The van der Waals surface area contributed by atoms with Crippen LogP contribution in [-0.2, 0) is 0 Å². The average molecular weight is 182 g/mol. The van der Waals surface area contributed by atoms with E-state index in [9.17, 15) is 0 Å². The van der Waals surface area contributed by atoms with Crippen molar-refractivity contribution in [3.05, 3.63) is 0 Å². The van der Waals surface area contributed by atoms with Gasteiger partial charge in [0.25, 0.3) is 0 Å². The number of thiol groups is 2. The molecule has 0 aliphatic carbocycles. The highest BCUT2D eigenvalue weighted by atomic mass is 32.1. The Kier molecular flexibility index (Phi) is 5.62. The minimum atomic E-state index is -0.299. The fraction of sp³-hybridized carbons (Fsp3) is 1.00. The summed E-state index contributed by atoms with van der Waals surface area (Å²) in [5.74, 6) is 0.581. The van der Waals surface area contributed by atoms with Gasteiger partial charge in [-0.05, 0) is 12.8 Å². The third kappa shape index (κ3) is 3.71. The Morgan fingerprint density at radius 2 is 1.50 bits per heavy atom. The van der Waals surface area contributed by atoms with Crippen LogP contribution >= 0.6 is 25.3 Å². The number of rotatable bonds is 5. The van der Waals surface area contributed by atoms with Gasteiger partial charge in [0.2, 0.25) is 0 Å². The third-order valence-electron chi connectivity index (χ3n) is 1.45. The van der Waals surface area contributed by atoms with Crippen LogP contribution in [0.3, 0.4) is 0 Å². The summed E-state index contributed by atoms with van der Waals surface area (Å²) in [6.07, 6.45) is 1.17. The lowest BCUT2D eigenvalue weighted by Crippen LogP contribution is -2.26. The van der Waals surface area contributed by atoms with Gasteiger partial charge in [-0.15, -0.1) is 0 Å². The predicted octanol–water partition coefficient (Wildman–Crippen LogP) is 0.350. The Bertz CT molecular complexity index is 81.8. The van der Waals surface area contributed by atoms with Crippen LogP contribution in [0.2, 0.25) is 0 Å². The molecule has 0 aliphatic rings. The molecule has 0 fully saturated rings. The first-order chi connectivity index (χ1) is 4.68. The molecule has 0 rings (SSSR count). The molecule has 0 aromatic rings. The van der Waals surface area contributed by atoms with Crippen molar-refractivity contribution in [2.75, 3.05) is 19.0 Å². The summed E-state index contributed by atoms with van der Waals surface area (Å²) in [5, 5.41) is 17.2. The van der Waals surface area contributed by atoms with E-state index in [4.69, 9.17) is 10.2 Å². The standard InChI is InChI=1S/C6H14O2S2/c7-3-1-6(10,5-9)2-4-8/h7-10H,1-5H2. The summed E-state index contributed by atoms with van der Waals surface area (Å²) in [5.41, 5.74) is 0. The molecule has 0 aromatic carbocycles. The lowest BCUT2D eigenvalue weighted by molar-refractivity contribution is 0.238. The van der Waals surface area contributed by atoms with Crippen LogP contribution in [0.15, 0.2) is 0 Å². The molecule has 0 radical (unpaired) electrons. The molecular formula is C6H14O2S2. The maximum absolute atomic E-state index is 8.60. The summed E-state index contributed by atoms with van der Waals surface area (Å²) in [4.78, 5) is 0. The number of aliphatic hydroxyl groups excluding tert-OH is 2. The van der Waals surface area contributed by atoms with Crippen molar-refractivity contribution >= 4 is 25.3 Å². The Balaban J connectivity index is 3.69. The second kappa shape index (κ2) is 5.29. The average Bonchev–Trinajstić information content (AvgIpc) is 1.89. The SMILES string of the molecule is OCCC(S)(CS)CCO. The number of hydrogen-bond donors (Lipinski definition) is 4. The van der Waals surface area contributed by atoms with E-state index in [-0.39, 0.29) is 18.0 Å². The zero-order valence-corrected chi connectivity index (χ0v) is 7.61. The van der Waals surface area contributed by atoms with Crippen LogP contribution in [-0.4, -0.2) is 33.9 Å². The molecule has 62 valence electrons. The Hall–Kier alpha value is 0.620.